The van der Waals surface area contributed by atoms with Gasteiger partial charge in [-0.1, -0.05) is 34.6 Å². The number of rotatable bonds is 7. The highest BCUT2D eigenvalue weighted by atomic mass is 16.2. The molecule has 0 aliphatic heterocycles. The molecule has 0 saturated heterocycles. The highest BCUT2D eigenvalue weighted by molar-refractivity contribution is 5.79. The first-order chi connectivity index (χ1) is 7.84. The summed E-state index contributed by atoms with van der Waals surface area (Å²) in [7, 11) is 0. The van der Waals surface area contributed by atoms with E-state index < -0.39 is 0 Å². The summed E-state index contributed by atoms with van der Waals surface area (Å²) >= 11 is 0. The van der Waals surface area contributed by atoms with Gasteiger partial charge in [0.1, 0.15) is 0 Å². The molecule has 0 aromatic carbocycles. The predicted octanol–water partition coefficient (Wildman–Crippen LogP) is 2.64. The Morgan fingerprint density at radius 2 is 1.59 bits per heavy atom. The van der Waals surface area contributed by atoms with Gasteiger partial charge in [-0.3, -0.25) is 4.79 Å². The topological polar surface area (TPSA) is 46.3 Å². The summed E-state index contributed by atoms with van der Waals surface area (Å²) in [4.78, 5) is 14.5. The van der Waals surface area contributed by atoms with Crippen LogP contribution in [0, 0.1) is 11.8 Å². The van der Waals surface area contributed by atoms with Gasteiger partial charge in [0.25, 0.3) is 0 Å². The summed E-state index contributed by atoms with van der Waals surface area (Å²) in [6.45, 7) is 13.3. The molecule has 102 valence electrons. The molecule has 2 N–H and O–H groups in total. The Kier molecular flexibility index (Phi) is 7.44. The van der Waals surface area contributed by atoms with Gasteiger partial charge in [0.05, 0.1) is 5.92 Å². The molecule has 2 unspecified atom stereocenters. The predicted molar refractivity (Wildman–Crippen MR) is 73.7 cm³/mol. The molecule has 2 atom stereocenters. The third kappa shape index (κ3) is 5.07. The first-order valence-corrected chi connectivity index (χ1v) is 6.91. The molecule has 1 amide bonds. The lowest BCUT2D eigenvalue weighted by molar-refractivity contribution is -0.138. The zero-order chi connectivity index (χ0) is 13.6. The van der Waals surface area contributed by atoms with Crippen molar-refractivity contribution in [1.29, 1.82) is 0 Å². The SMILES string of the molecule is CCC(CC)N(CC(C)C)C(=O)C(C)C(C)N. The van der Waals surface area contributed by atoms with Crippen molar-refractivity contribution in [2.45, 2.75) is 66.5 Å². The molecule has 17 heavy (non-hydrogen) atoms. The number of nitrogens with zero attached hydrogens (tertiary/aromatic N) is 1. The number of hydrogen-bond donors (Lipinski definition) is 1. The van der Waals surface area contributed by atoms with Crippen LogP contribution in [0.15, 0.2) is 0 Å². The van der Waals surface area contributed by atoms with Crippen molar-refractivity contribution in [2.75, 3.05) is 6.54 Å². The Bertz CT molecular complexity index is 222. The summed E-state index contributed by atoms with van der Waals surface area (Å²) in [5.41, 5.74) is 5.84. The minimum absolute atomic E-state index is 0.0773. The maximum atomic E-state index is 12.4. The Morgan fingerprint density at radius 1 is 1.12 bits per heavy atom. The molecule has 0 aliphatic rings. The Labute approximate surface area is 107 Å². The van der Waals surface area contributed by atoms with Gasteiger partial charge < -0.3 is 10.6 Å². The van der Waals surface area contributed by atoms with Crippen LogP contribution in [0.3, 0.4) is 0 Å². The van der Waals surface area contributed by atoms with Gasteiger partial charge in [-0.05, 0) is 25.7 Å². The molecule has 0 fully saturated rings. The van der Waals surface area contributed by atoms with Gasteiger partial charge >= 0.3 is 0 Å². The zero-order valence-electron chi connectivity index (χ0n) is 12.4. The van der Waals surface area contributed by atoms with E-state index in [-0.39, 0.29) is 17.9 Å². The number of amides is 1. The standard InChI is InChI=1S/C14H30N2O/c1-7-13(8-2)16(9-10(3)4)14(17)11(5)12(6)15/h10-13H,7-9,15H2,1-6H3. The van der Waals surface area contributed by atoms with Gasteiger partial charge in [0.15, 0.2) is 0 Å². The van der Waals surface area contributed by atoms with Crippen LogP contribution in [0.4, 0.5) is 0 Å². The molecule has 0 saturated carbocycles. The summed E-state index contributed by atoms with van der Waals surface area (Å²) in [6, 6.07) is 0.276. The van der Waals surface area contributed by atoms with Crippen molar-refractivity contribution in [2.24, 2.45) is 17.6 Å². The van der Waals surface area contributed by atoms with Crippen molar-refractivity contribution < 1.29 is 4.79 Å². The lowest BCUT2D eigenvalue weighted by Gasteiger charge is -2.35. The second-order valence-electron chi connectivity index (χ2n) is 5.50. The molecule has 0 radical (unpaired) electrons. The van der Waals surface area contributed by atoms with E-state index in [0.717, 1.165) is 19.4 Å². The van der Waals surface area contributed by atoms with E-state index in [9.17, 15) is 4.79 Å². The third-order valence-corrected chi connectivity index (χ3v) is 3.41. The van der Waals surface area contributed by atoms with E-state index >= 15 is 0 Å². The fraction of sp³-hybridized carbons (Fsp3) is 0.929. The molecule has 0 aromatic rings. The number of carbonyl (C=O) groups is 1. The molecule has 3 nitrogen and oxygen atoms in total. The molecule has 3 heteroatoms. The molecular formula is C14H30N2O. The third-order valence-electron chi connectivity index (χ3n) is 3.41. The van der Waals surface area contributed by atoms with Crippen LogP contribution in [0.5, 0.6) is 0 Å². The van der Waals surface area contributed by atoms with Crippen LogP contribution in [-0.4, -0.2) is 29.4 Å². The lowest BCUT2D eigenvalue weighted by Crippen LogP contribution is -2.47. The van der Waals surface area contributed by atoms with Gasteiger partial charge in [-0.2, -0.15) is 0 Å². The Hall–Kier alpha value is -0.570. The second kappa shape index (κ2) is 7.70. The minimum Gasteiger partial charge on any atom is -0.339 e. The first-order valence-electron chi connectivity index (χ1n) is 6.91. The van der Waals surface area contributed by atoms with Crippen LogP contribution in [0.25, 0.3) is 0 Å². The van der Waals surface area contributed by atoms with E-state index in [1.165, 1.54) is 0 Å². The normalized spacial score (nSPS) is 15.1. The number of hydrogen-bond acceptors (Lipinski definition) is 2. The fourth-order valence-electron chi connectivity index (χ4n) is 2.03. The van der Waals surface area contributed by atoms with Crippen LogP contribution in [0.2, 0.25) is 0 Å². The quantitative estimate of drug-likeness (QED) is 0.746. The summed E-state index contributed by atoms with van der Waals surface area (Å²) in [5.74, 6) is 0.622. The van der Waals surface area contributed by atoms with Crippen molar-refractivity contribution in [3.63, 3.8) is 0 Å². The van der Waals surface area contributed by atoms with Crippen LogP contribution < -0.4 is 5.73 Å². The molecular weight excluding hydrogens is 212 g/mol. The van der Waals surface area contributed by atoms with Gasteiger partial charge in [0, 0.05) is 18.6 Å². The van der Waals surface area contributed by atoms with Crippen LogP contribution in [0.1, 0.15) is 54.4 Å². The van der Waals surface area contributed by atoms with Crippen molar-refractivity contribution in [1.82, 2.24) is 4.90 Å². The second-order valence-corrected chi connectivity index (χ2v) is 5.50. The average molecular weight is 242 g/mol. The van der Waals surface area contributed by atoms with Crippen molar-refractivity contribution >= 4 is 5.91 Å². The maximum Gasteiger partial charge on any atom is 0.227 e. The molecule has 0 heterocycles. The highest BCUT2D eigenvalue weighted by Crippen LogP contribution is 2.16. The lowest BCUT2D eigenvalue weighted by atomic mass is 9.99. The highest BCUT2D eigenvalue weighted by Gasteiger charge is 2.27. The summed E-state index contributed by atoms with van der Waals surface area (Å²) < 4.78 is 0. The molecule has 0 aromatic heterocycles. The average Bonchev–Trinajstić information content (AvgIpc) is 2.26. The van der Waals surface area contributed by atoms with Gasteiger partial charge in [-0.15, -0.1) is 0 Å². The first kappa shape index (κ1) is 16.4. The number of carbonyl (C=O) groups excluding carboxylic acids is 1. The Morgan fingerprint density at radius 3 is 1.88 bits per heavy atom. The van der Waals surface area contributed by atoms with Crippen LogP contribution in [-0.2, 0) is 4.79 Å². The minimum atomic E-state index is -0.0886. The van der Waals surface area contributed by atoms with E-state index in [0.29, 0.717) is 12.0 Å². The largest absolute Gasteiger partial charge is 0.339 e. The van der Waals surface area contributed by atoms with E-state index in [2.05, 4.69) is 27.7 Å². The van der Waals surface area contributed by atoms with Crippen LogP contribution >= 0.6 is 0 Å². The zero-order valence-corrected chi connectivity index (χ0v) is 12.4. The number of nitrogens with two attached hydrogens (primary N) is 1. The van der Waals surface area contributed by atoms with Gasteiger partial charge in [-0.25, -0.2) is 0 Å². The van der Waals surface area contributed by atoms with Gasteiger partial charge in [0.2, 0.25) is 5.91 Å². The fourth-order valence-corrected chi connectivity index (χ4v) is 2.03. The van der Waals surface area contributed by atoms with Crippen molar-refractivity contribution in [3.05, 3.63) is 0 Å². The monoisotopic (exact) mass is 242 g/mol. The summed E-state index contributed by atoms with van der Waals surface area (Å²) in [6.07, 6.45) is 2.03. The molecule has 0 aliphatic carbocycles. The smallest absolute Gasteiger partial charge is 0.227 e. The molecule has 0 bridgehead atoms. The summed E-state index contributed by atoms with van der Waals surface area (Å²) in [5, 5.41) is 0. The van der Waals surface area contributed by atoms with Crippen molar-refractivity contribution in [3.8, 4) is 0 Å². The van der Waals surface area contributed by atoms with E-state index in [1.807, 2.05) is 18.7 Å². The van der Waals surface area contributed by atoms with E-state index in [1.54, 1.807) is 0 Å². The Balaban J connectivity index is 4.83. The van der Waals surface area contributed by atoms with E-state index in [4.69, 9.17) is 5.73 Å². The molecule has 0 spiro atoms. The maximum absolute atomic E-state index is 12.4. The molecule has 0 rings (SSSR count).